The van der Waals surface area contributed by atoms with Crippen molar-refractivity contribution in [3.63, 3.8) is 0 Å². The number of nitrogens with one attached hydrogen (secondary N) is 1. The summed E-state index contributed by atoms with van der Waals surface area (Å²) in [7, 11) is 2.13. The summed E-state index contributed by atoms with van der Waals surface area (Å²) in [5, 5.41) is 3.48. The normalized spacial score (nSPS) is 32.8. The van der Waals surface area contributed by atoms with Crippen molar-refractivity contribution in [3.8, 4) is 0 Å². The van der Waals surface area contributed by atoms with E-state index in [1.165, 1.54) is 64.5 Å². The lowest BCUT2D eigenvalue weighted by Crippen LogP contribution is -2.46. The molecule has 0 aromatic heterocycles. The van der Waals surface area contributed by atoms with Gasteiger partial charge in [0, 0.05) is 12.1 Å². The molecule has 2 heteroatoms. The SMILES string of the molecule is CCCC1CCN(C2CCCC(NC)C2)CC1. The first-order valence-electron chi connectivity index (χ1n) is 7.74. The van der Waals surface area contributed by atoms with Crippen LogP contribution in [0.1, 0.15) is 58.3 Å². The highest BCUT2D eigenvalue weighted by atomic mass is 15.2. The number of hydrogen-bond acceptors (Lipinski definition) is 2. The second-order valence-corrected chi connectivity index (χ2v) is 6.07. The summed E-state index contributed by atoms with van der Waals surface area (Å²) in [4.78, 5) is 2.79. The van der Waals surface area contributed by atoms with Crippen LogP contribution in [0.15, 0.2) is 0 Å². The molecular formula is C15H30N2. The molecule has 1 heterocycles. The van der Waals surface area contributed by atoms with Crippen molar-refractivity contribution in [2.24, 2.45) is 5.92 Å². The Balaban J connectivity index is 1.76. The Hall–Kier alpha value is -0.0800. The van der Waals surface area contributed by atoms with Crippen molar-refractivity contribution < 1.29 is 0 Å². The lowest BCUT2D eigenvalue weighted by molar-refractivity contribution is 0.0951. The Bertz CT molecular complexity index is 209. The van der Waals surface area contributed by atoms with Gasteiger partial charge in [-0.3, -0.25) is 0 Å². The van der Waals surface area contributed by atoms with Gasteiger partial charge in [-0.25, -0.2) is 0 Å². The summed E-state index contributed by atoms with van der Waals surface area (Å²) < 4.78 is 0. The Morgan fingerprint density at radius 1 is 1.12 bits per heavy atom. The van der Waals surface area contributed by atoms with E-state index in [9.17, 15) is 0 Å². The average Bonchev–Trinajstić information content (AvgIpc) is 2.40. The zero-order chi connectivity index (χ0) is 12.1. The minimum Gasteiger partial charge on any atom is -0.317 e. The van der Waals surface area contributed by atoms with Gasteiger partial charge in [0.15, 0.2) is 0 Å². The van der Waals surface area contributed by atoms with Crippen LogP contribution < -0.4 is 5.32 Å². The molecule has 2 unspecified atom stereocenters. The molecule has 1 saturated carbocycles. The third-order valence-electron chi connectivity index (χ3n) is 4.92. The molecule has 1 aliphatic carbocycles. The summed E-state index contributed by atoms with van der Waals surface area (Å²) in [6.45, 7) is 5.06. The van der Waals surface area contributed by atoms with Crippen LogP contribution in [0.3, 0.4) is 0 Å². The van der Waals surface area contributed by atoms with Gasteiger partial charge in [0.1, 0.15) is 0 Å². The van der Waals surface area contributed by atoms with Crippen molar-refractivity contribution in [2.45, 2.75) is 70.4 Å². The summed E-state index contributed by atoms with van der Waals surface area (Å²) in [6.07, 6.45) is 11.4. The monoisotopic (exact) mass is 238 g/mol. The van der Waals surface area contributed by atoms with E-state index in [-0.39, 0.29) is 0 Å². The van der Waals surface area contributed by atoms with Crippen LogP contribution in [0.5, 0.6) is 0 Å². The molecule has 1 aliphatic heterocycles. The van der Waals surface area contributed by atoms with E-state index >= 15 is 0 Å². The van der Waals surface area contributed by atoms with Gasteiger partial charge in [0.05, 0.1) is 0 Å². The van der Waals surface area contributed by atoms with Crippen molar-refractivity contribution in [1.82, 2.24) is 10.2 Å². The first-order valence-corrected chi connectivity index (χ1v) is 7.74. The lowest BCUT2D eigenvalue weighted by Gasteiger charge is -2.41. The predicted octanol–water partition coefficient (Wildman–Crippen LogP) is 3.03. The number of rotatable bonds is 4. The molecule has 0 bridgehead atoms. The van der Waals surface area contributed by atoms with E-state index in [2.05, 4.69) is 24.2 Å². The van der Waals surface area contributed by atoms with E-state index in [4.69, 9.17) is 0 Å². The van der Waals surface area contributed by atoms with Gasteiger partial charge < -0.3 is 10.2 Å². The van der Waals surface area contributed by atoms with Gasteiger partial charge in [-0.05, 0) is 58.2 Å². The maximum absolute atomic E-state index is 3.48. The van der Waals surface area contributed by atoms with Gasteiger partial charge in [-0.15, -0.1) is 0 Å². The molecule has 17 heavy (non-hydrogen) atoms. The third kappa shape index (κ3) is 3.69. The van der Waals surface area contributed by atoms with Crippen LogP contribution in [0.2, 0.25) is 0 Å². The first kappa shape index (κ1) is 13.4. The van der Waals surface area contributed by atoms with E-state index in [0.29, 0.717) is 0 Å². The maximum Gasteiger partial charge on any atom is 0.0110 e. The molecule has 100 valence electrons. The molecule has 2 rings (SSSR count). The highest BCUT2D eigenvalue weighted by Gasteiger charge is 2.28. The smallest absolute Gasteiger partial charge is 0.0110 e. The van der Waals surface area contributed by atoms with E-state index in [1.807, 2.05) is 0 Å². The van der Waals surface area contributed by atoms with Gasteiger partial charge in [0.2, 0.25) is 0 Å². The highest BCUT2D eigenvalue weighted by Crippen LogP contribution is 2.28. The lowest BCUT2D eigenvalue weighted by atomic mass is 9.86. The summed E-state index contributed by atoms with van der Waals surface area (Å²) >= 11 is 0. The number of piperidine rings is 1. The molecule has 1 saturated heterocycles. The van der Waals surface area contributed by atoms with Crippen molar-refractivity contribution in [1.29, 1.82) is 0 Å². The Morgan fingerprint density at radius 3 is 2.53 bits per heavy atom. The van der Waals surface area contributed by atoms with Gasteiger partial charge >= 0.3 is 0 Å². The Kier molecular flexibility index (Phi) is 5.30. The van der Waals surface area contributed by atoms with Crippen LogP contribution in [0.25, 0.3) is 0 Å². The fourth-order valence-electron chi connectivity index (χ4n) is 3.77. The van der Waals surface area contributed by atoms with Crippen LogP contribution in [0, 0.1) is 5.92 Å². The van der Waals surface area contributed by atoms with E-state index < -0.39 is 0 Å². The second-order valence-electron chi connectivity index (χ2n) is 6.07. The molecule has 0 radical (unpaired) electrons. The van der Waals surface area contributed by atoms with Crippen molar-refractivity contribution >= 4 is 0 Å². The highest BCUT2D eigenvalue weighted by molar-refractivity contribution is 4.85. The minimum atomic E-state index is 0.780. The Morgan fingerprint density at radius 2 is 1.88 bits per heavy atom. The van der Waals surface area contributed by atoms with Crippen LogP contribution in [0.4, 0.5) is 0 Å². The number of likely N-dealkylation sites (tertiary alicyclic amines) is 1. The molecule has 0 aromatic rings. The summed E-state index contributed by atoms with van der Waals surface area (Å²) in [5.74, 6) is 1.03. The second kappa shape index (κ2) is 6.75. The van der Waals surface area contributed by atoms with Crippen LogP contribution in [-0.4, -0.2) is 37.1 Å². The van der Waals surface area contributed by atoms with Crippen LogP contribution >= 0.6 is 0 Å². The molecule has 1 N–H and O–H groups in total. The number of hydrogen-bond donors (Lipinski definition) is 1. The fraction of sp³-hybridized carbons (Fsp3) is 1.00. The van der Waals surface area contributed by atoms with Crippen molar-refractivity contribution in [2.75, 3.05) is 20.1 Å². The fourth-order valence-corrected chi connectivity index (χ4v) is 3.77. The zero-order valence-electron chi connectivity index (χ0n) is 11.8. The molecule has 0 aromatic carbocycles. The quantitative estimate of drug-likeness (QED) is 0.810. The molecule has 2 fully saturated rings. The minimum absolute atomic E-state index is 0.780. The largest absolute Gasteiger partial charge is 0.317 e. The number of nitrogens with zero attached hydrogens (tertiary/aromatic N) is 1. The first-order chi connectivity index (χ1) is 8.33. The Labute approximate surface area is 107 Å². The van der Waals surface area contributed by atoms with E-state index in [1.54, 1.807) is 0 Å². The molecule has 2 atom stereocenters. The molecular weight excluding hydrogens is 208 g/mol. The predicted molar refractivity (Wildman–Crippen MR) is 74.3 cm³/mol. The zero-order valence-corrected chi connectivity index (χ0v) is 11.8. The molecule has 2 nitrogen and oxygen atoms in total. The summed E-state index contributed by atoms with van der Waals surface area (Å²) in [5.41, 5.74) is 0. The van der Waals surface area contributed by atoms with Gasteiger partial charge in [-0.1, -0.05) is 26.2 Å². The topological polar surface area (TPSA) is 15.3 Å². The third-order valence-corrected chi connectivity index (χ3v) is 4.92. The van der Waals surface area contributed by atoms with Gasteiger partial charge in [0.25, 0.3) is 0 Å². The van der Waals surface area contributed by atoms with Crippen LogP contribution in [-0.2, 0) is 0 Å². The van der Waals surface area contributed by atoms with E-state index in [0.717, 1.165) is 18.0 Å². The average molecular weight is 238 g/mol. The van der Waals surface area contributed by atoms with Crippen molar-refractivity contribution in [3.05, 3.63) is 0 Å². The molecule has 0 amide bonds. The maximum atomic E-state index is 3.48. The molecule has 0 spiro atoms. The van der Waals surface area contributed by atoms with Gasteiger partial charge in [-0.2, -0.15) is 0 Å². The standard InChI is InChI=1S/C15H30N2/c1-3-5-13-8-10-17(11-9-13)15-7-4-6-14(12-15)16-2/h13-16H,3-12H2,1-2H3. The molecule has 2 aliphatic rings. The summed E-state index contributed by atoms with van der Waals surface area (Å²) in [6, 6.07) is 1.66.